The molecule has 0 atom stereocenters. The Morgan fingerprint density at radius 2 is 2.00 bits per heavy atom. The molecule has 3 aromatic rings. The average molecular weight is 293 g/mol. The van der Waals surface area contributed by atoms with Gasteiger partial charge in [-0.05, 0) is 42.0 Å². The van der Waals surface area contributed by atoms with Crippen molar-refractivity contribution in [1.29, 1.82) is 5.26 Å². The predicted molar refractivity (Wildman–Crippen MR) is 81.3 cm³/mol. The lowest BCUT2D eigenvalue weighted by Gasteiger charge is -2.06. The van der Waals surface area contributed by atoms with E-state index in [0.29, 0.717) is 17.0 Å². The summed E-state index contributed by atoms with van der Waals surface area (Å²) in [5, 5.41) is 15.8. The van der Waals surface area contributed by atoms with Crippen LogP contribution in [-0.2, 0) is 6.42 Å². The summed E-state index contributed by atoms with van der Waals surface area (Å²) in [5.41, 5.74) is 2.60. The van der Waals surface area contributed by atoms with Gasteiger partial charge < -0.3 is 0 Å². The molecule has 1 N–H and O–H groups in total. The van der Waals surface area contributed by atoms with E-state index in [0.717, 1.165) is 16.9 Å². The number of H-pyrrole nitrogens is 1. The summed E-state index contributed by atoms with van der Waals surface area (Å²) in [5.74, 6) is 0.661. The highest BCUT2D eigenvalue weighted by molar-refractivity contribution is 7.71. The van der Waals surface area contributed by atoms with E-state index in [-0.39, 0.29) is 0 Å². The Hall–Kier alpha value is -2.78. The van der Waals surface area contributed by atoms with Crippen LogP contribution in [0.3, 0.4) is 0 Å². The average Bonchev–Trinajstić information content (AvgIpc) is 2.91. The van der Waals surface area contributed by atoms with Crippen LogP contribution in [0.4, 0.5) is 0 Å². The number of aromatic nitrogens is 4. The first kappa shape index (κ1) is 13.2. The maximum atomic E-state index is 8.71. The Kier molecular flexibility index (Phi) is 3.58. The van der Waals surface area contributed by atoms with Gasteiger partial charge in [0.05, 0.1) is 18.2 Å². The van der Waals surface area contributed by atoms with E-state index < -0.39 is 0 Å². The van der Waals surface area contributed by atoms with E-state index in [9.17, 15) is 0 Å². The van der Waals surface area contributed by atoms with Gasteiger partial charge in [0.25, 0.3) is 0 Å². The molecular weight excluding hydrogens is 282 g/mol. The second-order valence-corrected chi connectivity index (χ2v) is 4.79. The molecule has 2 heterocycles. The molecule has 0 bridgehead atoms. The molecule has 0 saturated heterocycles. The highest BCUT2D eigenvalue weighted by Crippen LogP contribution is 2.19. The van der Waals surface area contributed by atoms with Crippen LogP contribution < -0.4 is 0 Å². The monoisotopic (exact) mass is 293 g/mol. The van der Waals surface area contributed by atoms with Gasteiger partial charge in [-0.15, -0.1) is 0 Å². The van der Waals surface area contributed by atoms with Crippen LogP contribution >= 0.6 is 12.2 Å². The van der Waals surface area contributed by atoms with Crippen LogP contribution in [0.1, 0.15) is 5.56 Å². The molecule has 0 spiro atoms. The number of aromatic amines is 1. The van der Waals surface area contributed by atoms with Crippen molar-refractivity contribution in [3.8, 4) is 23.3 Å². The third kappa shape index (κ3) is 2.59. The summed E-state index contributed by atoms with van der Waals surface area (Å²) in [4.78, 5) is 4.30. The fraction of sp³-hybridized carbons (Fsp3) is 0.0667. The number of nitrogens with zero attached hydrogens (tertiary/aromatic N) is 4. The van der Waals surface area contributed by atoms with Gasteiger partial charge >= 0.3 is 0 Å². The second-order valence-electron chi connectivity index (χ2n) is 4.40. The summed E-state index contributed by atoms with van der Waals surface area (Å²) < 4.78 is 2.33. The standard InChI is InChI=1S/C15H11N5S/c16-9-8-11-4-6-12(7-5-11)20-14(18-19-15(20)21)13-3-1-2-10-17-13/h1-7,10H,8H2,(H,19,21). The van der Waals surface area contributed by atoms with Gasteiger partial charge in [-0.25, -0.2) is 0 Å². The lowest BCUT2D eigenvalue weighted by atomic mass is 10.1. The largest absolute Gasteiger partial charge is 0.267 e. The minimum atomic E-state index is 0.393. The number of nitriles is 1. The maximum Gasteiger partial charge on any atom is 0.200 e. The molecule has 2 aromatic heterocycles. The van der Waals surface area contributed by atoms with Gasteiger partial charge in [-0.1, -0.05) is 18.2 Å². The second kappa shape index (κ2) is 5.69. The van der Waals surface area contributed by atoms with Crippen LogP contribution in [0.5, 0.6) is 0 Å². The molecule has 1 aromatic carbocycles. The Bertz CT molecular complexity index is 840. The van der Waals surface area contributed by atoms with Crippen LogP contribution in [0, 0.1) is 16.1 Å². The van der Waals surface area contributed by atoms with Gasteiger partial charge in [-0.3, -0.25) is 14.6 Å². The molecule has 5 nitrogen and oxygen atoms in total. The van der Waals surface area contributed by atoms with Crippen molar-refractivity contribution in [3.05, 3.63) is 59.0 Å². The molecule has 0 fully saturated rings. The van der Waals surface area contributed by atoms with Gasteiger partial charge in [0.1, 0.15) is 5.69 Å². The summed E-state index contributed by atoms with van der Waals surface area (Å²) in [7, 11) is 0. The molecule has 0 radical (unpaired) electrons. The Morgan fingerprint density at radius 3 is 2.67 bits per heavy atom. The van der Waals surface area contributed by atoms with Crippen LogP contribution in [0.25, 0.3) is 17.2 Å². The van der Waals surface area contributed by atoms with Crippen LogP contribution in [0.15, 0.2) is 48.7 Å². The summed E-state index contributed by atoms with van der Waals surface area (Å²) in [6.45, 7) is 0. The Balaban J connectivity index is 2.09. The molecule has 0 saturated carbocycles. The summed E-state index contributed by atoms with van der Waals surface area (Å²) in [6, 6.07) is 15.4. The molecule has 102 valence electrons. The number of hydrogen-bond donors (Lipinski definition) is 1. The fourth-order valence-corrected chi connectivity index (χ4v) is 2.30. The molecule has 0 unspecified atom stereocenters. The van der Waals surface area contributed by atoms with E-state index in [1.807, 2.05) is 47.0 Å². The topological polar surface area (TPSA) is 70.3 Å². The van der Waals surface area contributed by atoms with Crippen molar-refractivity contribution in [3.63, 3.8) is 0 Å². The highest BCUT2D eigenvalue weighted by atomic mass is 32.1. The van der Waals surface area contributed by atoms with Crippen LogP contribution in [0.2, 0.25) is 0 Å². The fourth-order valence-electron chi connectivity index (χ4n) is 2.06. The number of benzene rings is 1. The van der Waals surface area contributed by atoms with Crippen molar-refractivity contribution in [1.82, 2.24) is 19.7 Å². The van der Waals surface area contributed by atoms with Crippen molar-refractivity contribution >= 4 is 12.2 Å². The lowest BCUT2D eigenvalue weighted by molar-refractivity contribution is 1.03. The number of hydrogen-bond acceptors (Lipinski definition) is 4. The van der Waals surface area contributed by atoms with Crippen molar-refractivity contribution in [2.24, 2.45) is 0 Å². The molecule has 3 rings (SSSR count). The number of rotatable bonds is 3. The quantitative estimate of drug-likeness (QED) is 0.753. The first-order valence-electron chi connectivity index (χ1n) is 6.34. The van der Waals surface area contributed by atoms with E-state index in [2.05, 4.69) is 21.3 Å². The molecule has 0 aliphatic rings. The Labute approximate surface area is 126 Å². The lowest BCUT2D eigenvalue weighted by Crippen LogP contribution is -1.99. The smallest absolute Gasteiger partial charge is 0.200 e. The highest BCUT2D eigenvalue weighted by Gasteiger charge is 2.11. The third-order valence-corrected chi connectivity index (χ3v) is 3.32. The Morgan fingerprint density at radius 1 is 1.19 bits per heavy atom. The van der Waals surface area contributed by atoms with Gasteiger partial charge in [0, 0.05) is 6.20 Å². The van der Waals surface area contributed by atoms with E-state index in [1.54, 1.807) is 6.20 Å². The maximum absolute atomic E-state index is 8.71. The van der Waals surface area contributed by atoms with Gasteiger partial charge in [-0.2, -0.15) is 10.4 Å². The molecule has 0 amide bonds. The molecule has 0 aliphatic carbocycles. The van der Waals surface area contributed by atoms with E-state index in [4.69, 9.17) is 17.5 Å². The van der Waals surface area contributed by atoms with E-state index >= 15 is 0 Å². The molecule has 21 heavy (non-hydrogen) atoms. The van der Waals surface area contributed by atoms with Crippen molar-refractivity contribution in [2.45, 2.75) is 6.42 Å². The third-order valence-electron chi connectivity index (χ3n) is 3.04. The molecule has 0 aliphatic heterocycles. The zero-order chi connectivity index (χ0) is 14.7. The predicted octanol–water partition coefficient (Wildman–Crippen LogP) is 3.06. The number of nitrogens with one attached hydrogen (secondary N) is 1. The zero-order valence-electron chi connectivity index (χ0n) is 11.0. The normalized spacial score (nSPS) is 10.2. The SMILES string of the molecule is N#CCc1ccc(-n2c(-c3ccccn3)n[nH]c2=S)cc1. The minimum absolute atomic E-state index is 0.393. The minimum Gasteiger partial charge on any atom is -0.267 e. The summed E-state index contributed by atoms with van der Waals surface area (Å²) >= 11 is 5.30. The van der Waals surface area contributed by atoms with Crippen molar-refractivity contribution < 1.29 is 0 Å². The molecule has 6 heteroatoms. The number of pyridine rings is 1. The van der Waals surface area contributed by atoms with Gasteiger partial charge in [0.2, 0.25) is 0 Å². The zero-order valence-corrected chi connectivity index (χ0v) is 11.8. The van der Waals surface area contributed by atoms with Crippen LogP contribution in [-0.4, -0.2) is 19.7 Å². The first-order chi connectivity index (χ1) is 10.3. The van der Waals surface area contributed by atoms with Gasteiger partial charge in [0.15, 0.2) is 10.6 Å². The molecular formula is C15H11N5S. The first-order valence-corrected chi connectivity index (χ1v) is 6.75. The van der Waals surface area contributed by atoms with E-state index in [1.165, 1.54) is 0 Å². The van der Waals surface area contributed by atoms with Crippen molar-refractivity contribution in [2.75, 3.05) is 0 Å². The summed E-state index contributed by atoms with van der Waals surface area (Å²) in [6.07, 6.45) is 2.11.